The highest BCUT2D eigenvalue weighted by Crippen LogP contribution is 2.60. The number of rotatable bonds is 19. The molecule has 0 saturated heterocycles. The molecule has 0 radical (unpaired) electrons. The second-order valence-corrected chi connectivity index (χ2v) is 26.9. The maximum atomic E-state index is 16.8. The summed E-state index contributed by atoms with van der Waals surface area (Å²) in [7, 11) is 0. The first-order chi connectivity index (χ1) is 49.9. The molecule has 0 saturated carbocycles. The maximum Gasteiger partial charge on any atom is 0.147 e. The number of aryl methyl sites for hydroxylation is 4. The Kier molecular flexibility index (Phi) is 16.8. The van der Waals surface area contributed by atoms with E-state index in [1.807, 2.05) is 46.2 Å². The predicted octanol–water partition coefficient (Wildman–Crippen LogP) is 25.0. The van der Waals surface area contributed by atoms with Crippen molar-refractivity contribution in [2.75, 3.05) is 9.80 Å². The molecular formula is C96H74F2N2O2. The molecule has 0 amide bonds. The van der Waals surface area contributed by atoms with Crippen LogP contribution in [0, 0.1) is 39.3 Å². The quantitative estimate of drug-likeness (QED) is 0.0806. The minimum atomic E-state index is -0.767. The fourth-order valence-electron chi connectivity index (χ4n) is 15.8. The third kappa shape index (κ3) is 11.3. The molecule has 0 aromatic heterocycles. The molecule has 2 atom stereocenters. The van der Waals surface area contributed by atoms with E-state index in [9.17, 15) is 0 Å². The molecule has 4 nitrogen and oxygen atoms in total. The monoisotopic (exact) mass is 1320 g/mol. The van der Waals surface area contributed by atoms with E-state index >= 15 is 8.78 Å². The summed E-state index contributed by atoms with van der Waals surface area (Å²) in [6.45, 7) is 17.4. The molecule has 0 fully saturated rings. The van der Waals surface area contributed by atoms with Crippen LogP contribution in [0.4, 0.5) is 42.9 Å². The van der Waals surface area contributed by atoms with Gasteiger partial charge in [-0.3, -0.25) is 0 Å². The molecule has 2 unspecified atom stereocenters. The molecule has 16 rings (SSSR count). The minimum absolute atomic E-state index is 0.348. The minimum Gasteiger partial charge on any atom is -0.489 e. The largest absolute Gasteiger partial charge is 0.489 e. The first-order valence-electron chi connectivity index (χ1n) is 34.7. The molecule has 0 spiro atoms. The van der Waals surface area contributed by atoms with E-state index in [1.54, 1.807) is 12.1 Å². The summed E-state index contributed by atoms with van der Waals surface area (Å²) in [6.07, 6.45) is 3.69. The summed E-state index contributed by atoms with van der Waals surface area (Å²) in [5.41, 5.74) is 26.9. The van der Waals surface area contributed by atoms with Crippen molar-refractivity contribution in [3.63, 3.8) is 0 Å². The lowest BCUT2D eigenvalue weighted by atomic mass is 9.66. The summed E-state index contributed by atoms with van der Waals surface area (Å²) in [5, 5.41) is 0. The van der Waals surface area contributed by atoms with Crippen molar-refractivity contribution in [2.24, 2.45) is 0 Å². The lowest BCUT2D eigenvalue weighted by Crippen LogP contribution is -2.30. The van der Waals surface area contributed by atoms with E-state index in [-0.39, 0.29) is 11.6 Å². The van der Waals surface area contributed by atoms with Crippen LogP contribution >= 0.6 is 0 Å². The van der Waals surface area contributed by atoms with E-state index in [4.69, 9.17) is 9.47 Å². The second kappa shape index (κ2) is 26.7. The third-order valence-corrected chi connectivity index (χ3v) is 20.8. The lowest BCUT2D eigenvalue weighted by Gasteiger charge is -2.36. The topological polar surface area (TPSA) is 24.9 Å². The van der Waals surface area contributed by atoms with Crippen molar-refractivity contribution in [2.45, 2.75) is 51.7 Å². The van der Waals surface area contributed by atoms with Crippen LogP contribution in [-0.2, 0) is 24.0 Å². The summed E-state index contributed by atoms with van der Waals surface area (Å²) < 4.78 is 46.5. The number of para-hydroxylation sites is 2. The normalized spacial score (nSPS) is 14.6. The number of ether oxygens (including phenoxy) is 2. The van der Waals surface area contributed by atoms with Crippen LogP contribution in [0.15, 0.2) is 329 Å². The van der Waals surface area contributed by atoms with E-state index in [0.717, 1.165) is 134 Å². The highest BCUT2D eigenvalue weighted by Gasteiger charge is 2.49. The van der Waals surface area contributed by atoms with Gasteiger partial charge in [0.25, 0.3) is 0 Å². The van der Waals surface area contributed by atoms with Gasteiger partial charge in [0.15, 0.2) is 0 Å². The average molecular weight is 1330 g/mol. The molecule has 494 valence electrons. The fraction of sp³-hybridized carbons (Fsp3) is 0.0833. The van der Waals surface area contributed by atoms with E-state index in [1.165, 1.54) is 34.4 Å². The summed E-state index contributed by atoms with van der Waals surface area (Å²) in [5.74, 6) is 0.840. The zero-order chi connectivity index (χ0) is 69.6. The van der Waals surface area contributed by atoms with Crippen LogP contribution < -0.4 is 19.3 Å². The van der Waals surface area contributed by atoms with Crippen LogP contribution in [0.2, 0.25) is 0 Å². The zero-order valence-electron chi connectivity index (χ0n) is 57.5. The van der Waals surface area contributed by atoms with Gasteiger partial charge in [-0.15, -0.1) is 0 Å². The Balaban J connectivity index is 0.764. The van der Waals surface area contributed by atoms with Gasteiger partial charge in [0.1, 0.15) is 36.3 Å². The van der Waals surface area contributed by atoms with Gasteiger partial charge in [-0.05, 0) is 236 Å². The van der Waals surface area contributed by atoms with Crippen molar-refractivity contribution in [1.29, 1.82) is 0 Å². The van der Waals surface area contributed by atoms with Crippen molar-refractivity contribution < 1.29 is 18.3 Å². The third-order valence-electron chi connectivity index (χ3n) is 20.8. The Bertz CT molecular complexity index is 5160. The number of benzene rings is 14. The maximum absolute atomic E-state index is 16.8. The second-order valence-electron chi connectivity index (χ2n) is 26.9. The van der Waals surface area contributed by atoms with Gasteiger partial charge in [0, 0.05) is 22.7 Å². The molecule has 2 aliphatic carbocycles. The number of hydrogen-bond acceptors (Lipinski definition) is 4. The molecule has 102 heavy (non-hydrogen) atoms. The molecule has 0 bridgehead atoms. The van der Waals surface area contributed by atoms with E-state index < -0.39 is 10.8 Å². The van der Waals surface area contributed by atoms with E-state index in [0.29, 0.717) is 24.6 Å². The number of hydrogen-bond donors (Lipinski definition) is 0. The van der Waals surface area contributed by atoms with Crippen molar-refractivity contribution in [3.8, 4) is 44.9 Å². The van der Waals surface area contributed by atoms with Crippen molar-refractivity contribution in [1.82, 2.24) is 0 Å². The average Bonchev–Trinajstić information content (AvgIpc) is 1.53. The van der Waals surface area contributed by atoms with Crippen LogP contribution in [0.25, 0.3) is 45.5 Å². The van der Waals surface area contributed by atoms with Crippen LogP contribution in [0.1, 0.15) is 89.0 Å². The van der Waals surface area contributed by atoms with Crippen LogP contribution in [-0.4, -0.2) is 0 Å². The van der Waals surface area contributed by atoms with Gasteiger partial charge in [-0.2, -0.15) is 0 Å². The molecule has 0 aliphatic heterocycles. The predicted molar refractivity (Wildman–Crippen MR) is 416 cm³/mol. The Morgan fingerprint density at radius 2 is 0.676 bits per heavy atom. The van der Waals surface area contributed by atoms with Gasteiger partial charge in [0.2, 0.25) is 0 Å². The highest BCUT2D eigenvalue weighted by molar-refractivity contribution is 5.92. The van der Waals surface area contributed by atoms with Crippen molar-refractivity contribution in [3.05, 3.63) is 429 Å². The molecule has 2 aliphatic rings. The molecule has 14 aromatic carbocycles. The first kappa shape index (κ1) is 64.3. The highest BCUT2D eigenvalue weighted by atomic mass is 19.1. The van der Waals surface area contributed by atoms with Crippen LogP contribution in [0.3, 0.4) is 0 Å². The number of fused-ring (bicyclic) bond motifs is 6. The van der Waals surface area contributed by atoms with Crippen LogP contribution in [0.5, 0.6) is 11.5 Å². The fourth-order valence-corrected chi connectivity index (χ4v) is 15.8. The summed E-state index contributed by atoms with van der Waals surface area (Å²) in [4.78, 5) is 4.06. The Hall–Kier alpha value is -12.4. The Morgan fingerprint density at radius 3 is 1.06 bits per heavy atom. The van der Waals surface area contributed by atoms with Gasteiger partial charge in [0.05, 0.1) is 22.2 Å². The number of nitrogens with zero attached hydrogens (tertiary/aromatic N) is 2. The zero-order valence-corrected chi connectivity index (χ0v) is 57.5. The molecular weight excluding hydrogens is 1250 g/mol. The standard InChI is InChI=1S/C96H74F2N2O2/c1-7-67-29-33-69(34-30-67)61-101-79-51-41-73(42-52-79)95(87-57-63(3)25-27-65(87)5)85-19-11-9-17-81(85)83-55-49-77(59-89(83)95)99(93-23-15-13-21-91(93)97)75-45-37-71(38-46-75)72-39-47-76(48-40-72)100(94-24-16-14-22-92(94)98)78-50-56-84-82-18-10-12-20-86(82)96(90(84)60-78,88-58-64(4)26-28-66(88)6)74-43-53-80(54-44-74)102-62-70-35-31-68(8-2)32-36-70/h7-60H,1-2,61-62H2,3-6H3. The number of anilines is 6. The van der Waals surface area contributed by atoms with Crippen molar-refractivity contribution >= 4 is 46.3 Å². The lowest BCUT2D eigenvalue weighted by molar-refractivity contribution is 0.306. The molecule has 0 N–H and O–H groups in total. The molecule has 6 heteroatoms. The van der Waals surface area contributed by atoms with Gasteiger partial charge in [-0.25, -0.2) is 8.78 Å². The summed E-state index contributed by atoms with van der Waals surface area (Å²) in [6, 6.07) is 109. The van der Waals surface area contributed by atoms with Gasteiger partial charge in [-0.1, -0.05) is 255 Å². The SMILES string of the molecule is C=Cc1ccc(COc2ccc(C3(c4cc(C)ccc4C)c4ccccc4-c4ccc(N(c5ccc(-c6ccc(N(c7ccc8c(c7)C(c7ccc(OCc9ccc(C=C)cc9)cc7)(c7cc(C)ccc7C)c7ccccc7-8)c7ccccc7F)cc6)cc5)c5ccccc5F)cc43)cc2)cc1. The molecule has 0 heterocycles. The molecule has 14 aromatic rings. The van der Waals surface area contributed by atoms with E-state index in [2.05, 4.69) is 308 Å². The summed E-state index contributed by atoms with van der Waals surface area (Å²) >= 11 is 0. The smallest absolute Gasteiger partial charge is 0.147 e. The first-order valence-corrected chi connectivity index (χ1v) is 34.7. The number of halogens is 2. The van der Waals surface area contributed by atoms with Gasteiger partial charge >= 0.3 is 0 Å². The Morgan fingerprint density at radius 1 is 0.324 bits per heavy atom. The van der Waals surface area contributed by atoms with Gasteiger partial charge < -0.3 is 19.3 Å². The Labute approximate surface area is 596 Å².